The first kappa shape index (κ1) is 14.9. The minimum absolute atomic E-state index is 0.803. The number of hydrogen-bond donors (Lipinski definition) is 0. The van der Waals surface area contributed by atoms with Crippen molar-refractivity contribution in [3.05, 3.63) is 54.1 Å². The van der Waals surface area contributed by atoms with Gasteiger partial charge >= 0.3 is 0 Å². The van der Waals surface area contributed by atoms with Crippen molar-refractivity contribution >= 4 is 21.5 Å². The maximum Gasteiger partial charge on any atom is 0.135 e. The summed E-state index contributed by atoms with van der Waals surface area (Å²) in [5, 5.41) is 5.00. The summed E-state index contributed by atoms with van der Waals surface area (Å²) in [6.45, 7) is 5.21. The molecule has 0 fully saturated rings. The average molecular weight is 292 g/mol. The Labute approximate surface area is 132 Å². The molecule has 0 saturated heterocycles. The first-order chi connectivity index (χ1) is 10.8. The van der Waals surface area contributed by atoms with Crippen molar-refractivity contribution in [2.24, 2.45) is 0 Å². The van der Waals surface area contributed by atoms with Crippen LogP contribution in [-0.4, -0.2) is 6.61 Å². The van der Waals surface area contributed by atoms with E-state index in [0.717, 1.165) is 18.8 Å². The van der Waals surface area contributed by atoms with Crippen molar-refractivity contribution in [1.82, 2.24) is 0 Å². The summed E-state index contributed by atoms with van der Waals surface area (Å²) in [6, 6.07) is 17.3. The lowest BCUT2D eigenvalue weighted by Crippen LogP contribution is -1.99. The number of fused-ring (bicyclic) bond motifs is 2. The number of benzene rings is 3. The molecule has 0 amide bonds. The van der Waals surface area contributed by atoms with E-state index in [-0.39, 0.29) is 0 Å². The van der Waals surface area contributed by atoms with Crippen LogP contribution < -0.4 is 4.74 Å². The van der Waals surface area contributed by atoms with E-state index in [4.69, 9.17) is 4.74 Å². The van der Waals surface area contributed by atoms with Crippen LogP contribution in [0.3, 0.4) is 0 Å². The smallest absolute Gasteiger partial charge is 0.135 e. The number of unbranched alkanes of at least 4 members (excludes halogenated alkanes) is 3. The van der Waals surface area contributed by atoms with Crippen LogP contribution in [0.4, 0.5) is 0 Å². The summed E-state index contributed by atoms with van der Waals surface area (Å²) in [4.78, 5) is 0. The lowest BCUT2D eigenvalue weighted by Gasteiger charge is -2.14. The van der Waals surface area contributed by atoms with Gasteiger partial charge in [0.25, 0.3) is 0 Å². The Bertz CT molecular complexity index is 773. The first-order valence-electron chi connectivity index (χ1n) is 8.35. The minimum atomic E-state index is 0.803. The van der Waals surface area contributed by atoms with E-state index < -0.39 is 0 Å². The lowest BCUT2D eigenvalue weighted by molar-refractivity contribution is 0.312. The SMILES string of the molecule is CCCCCCOc1c2ccccc2cc2cccc(C)c12. The van der Waals surface area contributed by atoms with Gasteiger partial charge in [-0.2, -0.15) is 0 Å². The molecule has 0 aliphatic carbocycles. The number of rotatable bonds is 6. The third kappa shape index (κ3) is 2.94. The maximum atomic E-state index is 6.26. The molecule has 0 heterocycles. The van der Waals surface area contributed by atoms with Crippen LogP contribution in [0.15, 0.2) is 48.5 Å². The second-order valence-corrected chi connectivity index (χ2v) is 6.01. The first-order valence-corrected chi connectivity index (χ1v) is 8.35. The Balaban J connectivity index is 2.02. The number of hydrogen-bond acceptors (Lipinski definition) is 1. The summed E-state index contributed by atoms with van der Waals surface area (Å²) in [7, 11) is 0. The standard InChI is InChI=1S/C21H24O/c1-3-4-5-8-14-22-21-19-13-7-6-11-17(19)15-18-12-9-10-16(2)20(18)21/h6-7,9-13,15H,3-5,8,14H2,1-2H3. The zero-order valence-corrected chi connectivity index (χ0v) is 13.6. The predicted molar refractivity (Wildman–Crippen MR) is 95.8 cm³/mol. The van der Waals surface area contributed by atoms with E-state index in [9.17, 15) is 0 Å². The number of ether oxygens (including phenoxy) is 1. The Morgan fingerprint density at radius 3 is 2.55 bits per heavy atom. The van der Waals surface area contributed by atoms with Crippen molar-refractivity contribution < 1.29 is 4.74 Å². The molecule has 3 aromatic rings. The monoisotopic (exact) mass is 292 g/mol. The number of aryl methyl sites for hydroxylation is 1. The molecule has 0 radical (unpaired) electrons. The van der Waals surface area contributed by atoms with Gasteiger partial charge in [-0.15, -0.1) is 0 Å². The van der Waals surface area contributed by atoms with E-state index in [1.54, 1.807) is 0 Å². The highest BCUT2D eigenvalue weighted by atomic mass is 16.5. The molecule has 3 rings (SSSR count). The zero-order valence-electron chi connectivity index (χ0n) is 13.6. The highest BCUT2D eigenvalue weighted by molar-refractivity contribution is 6.06. The topological polar surface area (TPSA) is 9.23 Å². The summed E-state index contributed by atoms with van der Waals surface area (Å²) in [5.41, 5.74) is 1.28. The molecule has 1 heteroatoms. The van der Waals surface area contributed by atoms with Gasteiger partial charge in [0, 0.05) is 10.8 Å². The fourth-order valence-electron chi connectivity index (χ4n) is 3.11. The molecule has 0 unspecified atom stereocenters. The second-order valence-electron chi connectivity index (χ2n) is 6.01. The minimum Gasteiger partial charge on any atom is -0.492 e. The summed E-state index contributed by atoms with van der Waals surface area (Å²) < 4.78 is 6.26. The molecule has 0 N–H and O–H groups in total. The molecule has 114 valence electrons. The fourth-order valence-corrected chi connectivity index (χ4v) is 3.11. The molecular formula is C21H24O. The molecule has 1 nitrogen and oxygen atoms in total. The molecule has 0 saturated carbocycles. The molecular weight excluding hydrogens is 268 g/mol. The zero-order chi connectivity index (χ0) is 15.4. The molecule has 22 heavy (non-hydrogen) atoms. The Morgan fingerprint density at radius 1 is 0.864 bits per heavy atom. The Morgan fingerprint density at radius 2 is 1.68 bits per heavy atom. The summed E-state index contributed by atoms with van der Waals surface area (Å²) >= 11 is 0. The quantitative estimate of drug-likeness (QED) is 0.385. The van der Waals surface area contributed by atoms with E-state index in [2.05, 4.69) is 62.4 Å². The molecule has 0 aromatic heterocycles. The summed E-state index contributed by atoms with van der Waals surface area (Å²) in [6.07, 6.45) is 4.93. The van der Waals surface area contributed by atoms with Crippen LogP contribution in [-0.2, 0) is 0 Å². The van der Waals surface area contributed by atoms with Gasteiger partial charge in [0.2, 0.25) is 0 Å². The Kier molecular flexibility index (Phi) is 4.62. The lowest BCUT2D eigenvalue weighted by atomic mass is 9.99. The van der Waals surface area contributed by atoms with Gasteiger partial charge in [0.15, 0.2) is 0 Å². The average Bonchev–Trinajstić information content (AvgIpc) is 2.54. The van der Waals surface area contributed by atoms with Gasteiger partial charge in [-0.05, 0) is 35.7 Å². The van der Waals surface area contributed by atoms with Gasteiger partial charge < -0.3 is 4.74 Å². The molecule has 0 aliphatic heterocycles. The Hall–Kier alpha value is -2.02. The van der Waals surface area contributed by atoms with Crippen LogP contribution in [0.25, 0.3) is 21.5 Å². The van der Waals surface area contributed by atoms with Gasteiger partial charge in [0.1, 0.15) is 5.75 Å². The molecule has 0 bridgehead atoms. The van der Waals surface area contributed by atoms with Crippen LogP contribution in [0.5, 0.6) is 5.75 Å². The van der Waals surface area contributed by atoms with Crippen LogP contribution in [0.2, 0.25) is 0 Å². The fraction of sp³-hybridized carbons (Fsp3) is 0.333. The van der Waals surface area contributed by atoms with Gasteiger partial charge in [-0.1, -0.05) is 68.7 Å². The molecule has 0 spiro atoms. The van der Waals surface area contributed by atoms with Crippen molar-refractivity contribution in [3.63, 3.8) is 0 Å². The molecule has 3 aromatic carbocycles. The van der Waals surface area contributed by atoms with Crippen molar-refractivity contribution in [2.75, 3.05) is 6.61 Å². The summed E-state index contributed by atoms with van der Waals surface area (Å²) in [5.74, 6) is 1.06. The van der Waals surface area contributed by atoms with E-state index in [1.807, 2.05) is 0 Å². The predicted octanol–water partition coefficient (Wildman–Crippen LogP) is 6.26. The highest BCUT2D eigenvalue weighted by Gasteiger charge is 2.10. The van der Waals surface area contributed by atoms with Crippen LogP contribution in [0.1, 0.15) is 38.2 Å². The molecule has 0 aliphatic rings. The second kappa shape index (κ2) is 6.83. The van der Waals surface area contributed by atoms with Gasteiger partial charge in [-0.25, -0.2) is 0 Å². The van der Waals surface area contributed by atoms with Crippen molar-refractivity contribution in [3.8, 4) is 5.75 Å². The van der Waals surface area contributed by atoms with E-state index >= 15 is 0 Å². The third-order valence-electron chi connectivity index (χ3n) is 4.29. The molecule has 0 atom stereocenters. The third-order valence-corrected chi connectivity index (χ3v) is 4.29. The largest absolute Gasteiger partial charge is 0.492 e. The van der Waals surface area contributed by atoms with E-state index in [0.29, 0.717) is 0 Å². The van der Waals surface area contributed by atoms with Crippen molar-refractivity contribution in [2.45, 2.75) is 39.5 Å². The van der Waals surface area contributed by atoms with E-state index in [1.165, 1.54) is 46.4 Å². The highest BCUT2D eigenvalue weighted by Crippen LogP contribution is 2.36. The van der Waals surface area contributed by atoms with Crippen LogP contribution >= 0.6 is 0 Å². The van der Waals surface area contributed by atoms with Crippen molar-refractivity contribution in [1.29, 1.82) is 0 Å². The van der Waals surface area contributed by atoms with Gasteiger partial charge in [0.05, 0.1) is 6.61 Å². The van der Waals surface area contributed by atoms with Gasteiger partial charge in [-0.3, -0.25) is 0 Å². The normalized spacial score (nSPS) is 11.2. The maximum absolute atomic E-state index is 6.26. The van der Waals surface area contributed by atoms with Crippen LogP contribution in [0, 0.1) is 6.92 Å².